The Morgan fingerprint density at radius 1 is 1.21 bits per heavy atom. The lowest BCUT2D eigenvalue weighted by molar-refractivity contribution is -0.118. The third-order valence-electron chi connectivity index (χ3n) is 5.36. The lowest BCUT2D eigenvalue weighted by Gasteiger charge is -2.26. The van der Waals surface area contributed by atoms with Gasteiger partial charge in [0.1, 0.15) is 0 Å². The molecule has 3 rings (SSSR count). The van der Waals surface area contributed by atoms with Gasteiger partial charge in [0.2, 0.25) is 5.91 Å². The number of morpholine rings is 1. The fraction of sp³-hybridized carbons (Fsp3) is 0.550. The van der Waals surface area contributed by atoms with Crippen molar-refractivity contribution in [3.8, 4) is 0 Å². The molecule has 0 aliphatic carbocycles. The zero-order valence-corrected chi connectivity index (χ0v) is 18.2. The van der Waals surface area contributed by atoms with Crippen molar-refractivity contribution in [3.63, 3.8) is 0 Å². The normalized spacial score (nSPS) is 16.7. The topological polar surface area (TPSA) is 72.5 Å². The van der Waals surface area contributed by atoms with E-state index in [1.165, 1.54) is 5.52 Å². The maximum Gasteiger partial charge on any atom is 0.241 e. The highest BCUT2D eigenvalue weighted by molar-refractivity contribution is 5.97. The summed E-state index contributed by atoms with van der Waals surface area (Å²) in [5.41, 5.74) is 8.00. The molecular formula is C20H32Cl2N4O2. The molecule has 0 radical (unpaired) electrons. The number of hydrogen-bond donors (Lipinski definition) is 2. The van der Waals surface area contributed by atoms with Gasteiger partial charge in [-0.2, -0.15) is 0 Å². The van der Waals surface area contributed by atoms with Gasteiger partial charge in [-0.25, -0.2) is 0 Å². The quantitative estimate of drug-likeness (QED) is 0.707. The van der Waals surface area contributed by atoms with Crippen LogP contribution < -0.4 is 11.1 Å². The minimum absolute atomic E-state index is 0. The second kappa shape index (κ2) is 11.6. The lowest BCUT2D eigenvalue weighted by atomic mass is 9.99. The van der Waals surface area contributed by atoms with Crippen molar-refractivity contribution in [1.82, 2.24) is 9.47 Å². The molecule has 0 bridgehead atoms. The van der Waals surface area contributed by atoms with Gasteiger partial charge in [0, 0.05) is 49.0 Å². The van der Waals surface area contributed by atoms with Crippen molar-refractivity contribution in [2.75, 3.05) is 38.2 Å². The van der Waals surface area contributed by atoms with Crippen LogP contribution in [0.5, 0.6) is 0 Å². The maximum absolute atomic E-state index is 12.3. The number of anilines is 1. The largest absolute Gasteiger partial charge is 0.379 e. The molecule has 2 atom stereocenters. The molecular weight excluding hydrogens is 399 g/mol. The van der Waals surface area contributed by atoms with Crippen LogP contribution in [0.2, 0.25) is 0 Å². The van der Waals surface area contributed by atoms with Crippen LogP contribution in [0.25, 0.3) is 10.9 Å². The van der Waals surface area contributed by atoms with Gasteiger partial charge in [0.25, 0.3) is 0 Å². The summed E-state index contributed by atoms with van der Waals surface area (Å²) in [6.45, 7) is 9.69. The average Bonchev–Trinajstić information content (AvgIpc) is 3.08. The number of amides is 1. The zero-order chi connectivity index (χ0) is 18.5. The van der Waals surface area contributed by atoms with Crippen molar-refractivity contribution < 1.29 is 9.53 Å². The van der Waals surface area contributed by atoms with Gasteiger partial charge in [-0.15, -0.1) is 24.8 Å². The number of nitrogens with one attached hydrogen (secondary N) is 1. The summed E-state index contributed by atoms with van der Waals surface area (Å²) < 4.78 is 7.66. The van der Waals surface area contributed by atoms with E-state index in [1.54, 1.807) is 0 Å². The minimum Gasteiger partial charge on any atom is -0.379 e. The molecule has 1 aliphatic heterocycles. The Balaban J connectivity index is 0.00000196. The highest BCUT2D eigenvalue weighted by atomic mass is 35.5. The fourth-order valence-electron chi connectivity index (χ4n) is 3.28. The molecule has 2 heterocycles. The number of rotatable bonds is 7. The van der Waals surface area contributed by atoms with Crippen molar-refractivity contribution >= 4 is 47.3 Å². The zero-order valence-electron chi connectivity index (χ0n) is 16.6. The molecule has 3 N–H and O–H groups in total. The summed E-state index contributed by atoms with van der Waals surface area (Å²) in [7, 11) is 0. The number of nitrogens with two attached hydrogens (primary N) is 1. The van der Waals surface area contributed by atoms with Gasteiger partial charge in [-0.05, 0) is 30.2 Å². The predicted octanol–water partition coefficient (Wildman–Crippen LogP) is 3.13. The van der Waals surface area contributed by atoms with Gasteiger partial charge in [0.05, 0.1) is 19.3 Å². The van der Waals surface area contributed by atoms with Crippen molar-refractivity contribution in [3.05, 3.63) is 30.5 Å². The summed E-state index contributed by atoms with van der Waals surface area (Å²) >= 11 is 0. The van der Waals surface area contributed by atoms with E-state index >= 15 is 0 Å². The molecule has 1 aromatic carbocycles. The van der Waals surface area contributed by atoms with Gasteiger partial charge in [-0.3, -0.25) is 9.69 Å². The fourth-order valence-corrected chi connectivity index (χ4v) is 3.28. The monoisotopic (exact) mass is 430 g/mol. The van der Waals surface area contributed by atoms with E-state index in [9.17, 15) is 4.79 Å². The van der Waals surface area contributed by atoms with E-state index in [-0.39, 0.29) is 36.6 Å². The number of carbonyl (C=O) groups is 1. The van der Waals surface area contributed by atoms with Crippen LogP contribution in [-0.2, 0) is 16.1 Å². The standard InChI is InChI=1S/C20H30N4O2.2ClH/c1-3-15(2)19(21)20(25)22-17-4-5-18-16(14-17)6-7-24(18)9-8-23-10-12-26-13-11-23;;/h4-7,14-15,19H,3,8-13,21H2,1-2H3,(H,22,25);2*1H. The van der Waals surface area contributed by atoms with Crippen molar-refractivity contribution in [2.45, 2.75) is 32.9 Å². The third-order valence-corrected chi connectivity index (χ3v) is 5.36. The van der Waals surface area contributed by atoms with E-state index in [2.05, 4.69) is 33.1 Å². The number of benzene rings is 1. The van der Waals surface area contributed by atoms with Crippen LogP contribution in [-0.4, -0.2) is 54.3 Å². The molecule has 1 amide bonds. The molecule has 8 heteroatoms. The number of aromatic nitrogens is 1. The average molecular weight is 431 g/mol. The number of fused-ring (bicyclic) bond motifs is 1. The van der Waals surface area contributed by atoms with Crippen LogP contribution in [0.15, 0.2) is 30.5 Å². The molecule has 2 unspecified atom stereocenters. The first-order valence-corrected chi connectivity index (χ1v) is 9.54. The summed E-state index contributed by atoms with van der Waals surface area (Å²) in [5.74, 6) is 0.0467. The Bertz CT molecular complexity index is 747. The number of halogens is 2. The molecule has 0 saturated carbocycles. The van der Waals surface area contributed by atoms with Crippen LogP contribution in [0, 0.1) is 5.92 Å². The Kier molecular flexibility index (Phi) is 10.3. The molecule has 1 fully saturated rings. The minimum atomic E-state index is -0.478. The second-order valence-corrected chi connectivity index (χ2v) is 7.14. The molecule has 1 aliphatic rings. The van der Waals surface area contributed by atoms with E-state index in [1.807, 2.05) is 26.0 Å². The number of nitrogens with zero attached hydrogens (tertiary/aromatic N) is 2. The molecule has 158 valence electrons. The van der Waals surface area contributed by atoms with Crippen molar-refractivity contribution in [2.24, 2.45) is 11.7 Å². The van der Waals surface area contributed by atoms with Gasteiger partial charge in [-0.1, -0.05) is 20.3 Å². The van der Waals surface area contributed by atoms with Crippen LogP contribution in [0.3, 0.4) is 0 Å². The molecule has 6 nitrogen and oxygen atoms in total. The first kappa shape index (κ1) is 24.7. The summed E-state index contributed by atoms with van der Waals surface area (Å²) in [6.07, 6.45) is 3.00. The lowest BCUT2D eigenvalue weighted by Crippen LogP contribution is -2.40. The highest BCUT2D eigenvalue weighted by Gasteiger charge is 2.19. The maximum atomic E-state index is 12.3. The third kappa shape index (κ3) is 6.09. The second-order valence-electron chi connectivity index (χ2n) is 7.14. The number of hydrogen-bond acceptors (Lipinski definition) is 4. The van der Waals surface area contributed by atoms with Crippen LogP contribution >= 0.6 is 24.8 Å². The van der Waals surface area contributed by atoms with Crippen molar-refractivity contribution in [1.29, 1.82) is 0 Å². The smallest absolute Gasteiger partial charge is 0.241 e. The molecule has 1 saturated heterocycles. The molecule has 2 aromatic rings. The number of carbonyl (C=O) groups excluding carboxylic acids is 1. The van der Waals surface area contributed by atoms with Crippen LogP contribution in [0.1, 0.15) is 20.3 Å². The first-order chi connectivity index (χ1) is 12.6. The van der Waals surface area contributed by atoms with E-state index in [0.717, 1.165) is 56.9 Å². The van der Waals surface area contributed by atoms with Gasteiger partial charge in [0.15, 0.2) is 0 Å². The van der Waals surface area contributed by atoms with Gasteiger partial charge >= 0.3 is 0 Å². The van der Waals surface area contributed by atoms with Crippen LogP contribution in [0.4, 0.5) is 5.69 Å². The SMILES string of the molecule is CCC(C)C(N)C(=O)Nc1ccc2c(ccn2CCN2CCOCC2)c1.Cl.Cl. The summed E-state index contributed by atoms with van der Waals surface area (Å²) in [6, 6.07) is 7.66. The Labute approximate surface area is 179 Å². The van der Waals surface area contributed by atoms with E-state index in [4.69, 9.17) is 10.5 Å². The first-order valence-electron chi connectivity index (χ1n) is 9.54. The van der Waals surface area contributed by atoms with Gasteiger partial charge < -0.3 is 20.4 Å². The Morgan fingerprint density at radius 3 is 2.61 bits per heavy atom. The molecule has 1 aromatic heterocycles. The predicted molar refractivity (Wildman–Crippen MR) is 120 cm³/mol. The molecule has 0 spiro atoms. The highest BCUT2D eigenvalue weighted by Crippen LogP contribution is 2.21. The Hall–Kier alpha value is -1.31. The van der Waals surface area contributed by atoms with E-state index < -0.39 is 6.04 Å². The Morgan fingerprint density at radius 2 is 1.93 bits per heavy atom. The van der Waals surface area contributed by atoms with E-state index in [0.29, 0.717) is 0 Å². The summed E-state index contributed by atoms with van der Waals surface area (Å²) in [5, 5.41) is 4.07. The molecule has 28 heavy (non-hydrogen) atoms. The number of ether oxygens (including phenoxy) is 1. The summed E-state index contributed by atoms with van der Waals surface area (Å²) in [4.78, 5) is 14.7.